The molecule has 0 aromatic heterocycles. The Labute approximate surface area is 116 Å². The lowest BCUT2D eigenvalue weighted by molar-refractivity contribution is 0.100. The van der Waals surface area contributed by atoms with E-state index < -0.39 is 0 Å². The van der Waals surface area contributed by atoms with Crippen molar-refractivity contribution in [2.75, 3.05) is 33.5 Å². The Morgan fingerprint density at radius 1 is 1.05 bits per heavy atom. The summed E-state index contributed by atoms with van der Waals surface area (Å²) in [5, 5.41) is 3.37. The molecule has 0 amide bonds. The molecule has 0 aliphatic heterocycles. The molecule has 0 heterocycles. The lowest BCUT2D eigenvalue weighted by Gasteiger charge is -2.11. The van der Waals surface area contributed by atoms with E-state index in [-0.39, 0.29) is 0 Å². The van der Waals surface area contributed by atoms with E-state index in [1.807, 2.05) is 24.3 Å². The molecule has 1 rings (SSSR count). The Hall–Kier alpha value is -1.26. The van der Waals surface area contributed by atoms with Crippen molar-refractivity contribution in [1.29, 1.82) is 0 Å². The van der Waals surface area contributed by atoms with Gasteiger partial charge in [0.1, 0.15) is 18.1 Å². The molecule has 1 aromatic carbocycles. The minimum atomic E-state index is 0.555. The van der Waals surface area contributed by atoms with Crippen LogP contribution in [0.3, 0.4) is 0 Å². The van der Waals surface area contributed by atoms with Crippen LogP contribution in [0.15, 0.2) is 24.3 Å². The maximum Gasteiger partial charge on any atom is 0.119 e. The third kappa shape index (κ3) is 7.03. The fraction of sp³-hybridized carbons (Fsp3) is 0.600. The second-order valence-corrected chi connectivity index (χ2v) is 4.40. The van der Waals surface area contributed by atoms with Gasteiger partial charge in [0.25, 0.3) is 0 Å². The van der Waals surface area contributed by atoms with Crippen LogP contribution in [-0.4, -0.2) is 39.5 Å². The Bertz CT molecular complexity index is 327. The van der Waals surface area contributed by atoms with Crippen molar-refractivity contribution in [3.63, 3.8) is 0 Å². The molecule has 1 atom stereocenters. The standard InChI is InChI=1S/C15H25NO3/c1-4-13(2)16-9-10-18-11-12-19-15-7-5-14(17-3)6-8-15/h5-8,13,16H,4,9-12H2,1-3H3/t13-/m0/s1. The van der Waals surface area contributed by atoms with Gasteiger partial charge in [-0.2, -0.15) is 0 Å². The molecule has 0 spiro atoms. The molecule has 4 nitrogen and oxygen atoms in total. The smallest absolute Gasteiger partial charge is 0.119 e. The summed E-state index contributed by atoms with van der Waals surface area (Å²) in [5.74, 6) is 1.67. The predicted octanol–water partition coefficient (Wildman–Crippen LogP) is 2.48. The first-order valence-corrected chi connectivity index (χ1v) is 6.84. The number of hydrogen-bond acceptors (Lipinski definition) is 4. The largest absolute Gasteiger partial charge is 0.497 e. The quantitative estimate of drug-likeness (QED) is 0.661. The highest BCUT2D eigenvalue weighted by molar-refractivity contribution is 5.31. The van der Waals surface area contributed by atoms with E-state index in [1.54, 1.807) is 7.11 Å². The van der Waals surface area contributed by atoms with Crippen molar-refractivity contribution in [2.45, 2.75) is 26.3 Å². The zero-order valence-corrected chi connectivity index (χ0v) is 12.1. The summed E-state index contributed by atoms with van der Waals surface area (Å²) in [6.45, 7) is 7.12. The van der Waals surface area contributed by atoms with Crippen LogP contribution in [0.2, 0.25) is 0 Å². The van der Waals surface area contributed by atoms with Gasteiger partial charge in [0.2, 0.25) is 0 Å². The Kier molecular flexibility index (Phi) is 8.02. The fourth-order valence-electron chi connectivity index (χ4n) is 1.51. The van der Waals surface area contributed by atoms with Gasteiger partial charge in [0.05, 0.1) is 20.3 Å². The van der Waals surface area contributed by atoms with Crippen molar-refractivity contribution in [3.8, 4) is 11.5 Å². The second kappa shape index (κ2) is 9.64. The van der Waals surface area contributed by atoms with E-state index in [0.717, 1.165) is 31.1 Å². The minimum absolute atomic E-state index is 0.555. The molecular formula is C15H25NO3. The maximum atomic E-state index is 5.55. The van der Waals surface area contributed by atoms with Crippen molar-refractivity contribution in [3.05, 3.63) is 24.3 Å². The molecule has 0 saturated carbocycles. The lowest BCUT2D eigenvalue weighted by Crippen LogP contribution is -2.29. The molecule has 4 heteroatoms. The molecule has 0 aliphatic carbocycles. The molecule has 19 heavy (non-hydrogen) atoms. The van der Waals surface area contributed by atoms with Crippen LogP contribution in [0.4, 0.5) is 0 Å². The first-order chi connectivity index (χ1) is 9.26. The first-order valence-electron chi connectivity index (χ1n) is 6.84. The van der Waals surface area contributed by atoms with E-state index >= 15 is 0 Å². The maximum absolute atomic E-state index is 5.55. The van der Waals surface area contributed by atoms with Crippen LogP contribution < -0.4 is 14.8 Å². The van der Waals surface area contributed by atoms with E-state index in [1.165, 1.54) is 0 Å². The summed E-state index contributed by atoms with van der Waals surface area (Å²) in [4.78, 5) is 0. The zero-order chi connectivity index (χ0) is 13.9. The van der Waals surface area contributed by atoms with Gasteiger partial charge in [0.15, 0.2) is 0 Å². The van der Waals surface area contributed by atoms with Crippen LogP contribution in [0, 0.1) is 0 Å². The van der Waals surface area contributed by atoms with Crippen molar-refractivity contribution in [2.24, 2.45) is 0 Å². The highest BCUT2D eigenvalue weighted by Gasteiger charge is 1.97. The van der Waals surface area contributed by atoms with Crippen LogP contribution in [0.25, 0.3) is 0 Å². The summed E-state index contributed by atoms with van der Waals surface area (Å²) in [5.41, 5.74) is 0. The minimum Gasteiger partial charge on any atom is -0.497 e. The first kappa shape index (κ1) is 15.8. The molecule has 1 aromatic rings. The van der Waals surface area contributed by atoms with Crippen LogP contribution in [-0.2, 0) is 4.74 Å². The highest BCUT2D eigenvalue weighted by Crippen LogP contribution is 2.16. The molecule has 0 unspecified atom stereocenters. The molecule has 0 aliphatic rings. The fourth-order valence-corrected chi connectivity index (χ4v) is 1.51. The molecule has 1 N–H and O–H groups in total. The summed E-state index contributed by atoms with van der Waals surface area (Å²) in [6.07, 6.45) is 1.14. The molecule has 0 saturated heterocycles. The highest BCUT2D eigenvalue weighted by atomic mass is 16.5. The van der Waals surface area contributed by atoms with Gasteiger partial charge in [-0.1, -0.05) is 6.92 Å². The third-order valence-corrected chi connectivity index (χ3v) is 2.91. The Morgan fingerprint density at radius 3 is 2.37 bits per heavy atom. The third-order valence-electron chi connectivity index (χ3n) is 2.91. The van der Waals surface area contributed by atoms with Crippen molar-refractivity contribution in [1.82, 2.24) is 5.32 Å². The van der Waals surface area contributed by atoms with Gasteiger partial charge in [-0.3, -0.25) is 0 Å². The Balaban J connectivity index is 2.01. The van der Waals surface area contributed by atoms with Gasteiger partial charge >= 0.3 is 0 Å². The number of methoxy groups -OCH3 is 1. The zero-order valence-electron chi connectivity index (χ0n) is 12.1. The second-order valence-electron chi connectivity index (χ2n) is 4.40. The number of benzene rings is 1. The van der Waals surface area contributed by atoms with Crippen molar-refractivity contribution >= 4 is 0 Å². The molecular weight excluding hydrogens is 242 g/mol. The van der Waals surface area contributed by atoms with Crippen LogP contribution >= 0.6 is 0 Å². The average molecular weight is 267 g/mol. The Morgan fingerprint density at radius 2 is 1.74 bits per heavy atom. The number of nitrogens with one attached hydrogen (secondary N) is 1. The van der Waals surface area contributed by atoms with Crippen LogP contribution in [0.1, 0.15) is 20.3 Å². The normalized spacial score (nSPS) is 12.2. The number of rotatable bonds is 10. The molecule has 0 fully saturated rings. The lowest BCUT2D eigenvalue weighted by atomic mass is 10.3. The van der Waals surface area contributed by atoms with Crippen molar-refractivity contribution < 1.29 is 14.2 Å². The van der Waals surface area contributed by atoms with Gasteiger partial charge in [-0.05, 0) is 37.6 Å². The van der Waals surface area contributed by atoms with E-state index in [4.69, 9.17) is 14.2 Å². The number of ether oxygens (including phenoxy) is 3. The SMILES string of the molecule is CC[C@H](C)NCCOCCOc1ccc(OC)cc1. The summed E-state index contributed by atoms with van der Waals surface area (Å²) >= 11 is 0. The molecule has 108 valence electrons. The van der Waals surface area contributed by atoms with Gasteiger partial charge in [-0.15, -0.1) is 0 Å². The van der Waals surface area contributed by atoms with Gasteiger partial charge in [0, 0.05) is 12.6 Å². The van der Waals surface area contributed by atoms with E-state index in [9.17, 15) is 0 Å². The van der Waals surface area contributed by atoms with E-state index in [0.29, 0.717) is 19.3 Å². The molecule has 0 radical (unpaired) electrons. The summed E-state index contributed by atoms with van der Waals surface area (Å²) in [7, 11) is 1.65. The van der Waals surface area contributed by atoms with Gasteiger partial charge in [-0.25, -0.2) is 0 Å². The van der Waals surface area contributed by atoms with Crippen LogP contribution in [0.5, 0.6) is 11.5 Å². The molecule has 0 bridgehead atoms. The monoisotopic (exact) mass is 267 g/mol. The summed E-state index contributed by atoms with van der Waals surface area (Å²) in [6, 6.07) is 8.10. The van der Waals surface area contributed by atoms with Gasteiger partial charge < -0.3 is 19.5 Å². The predicted molar refractivity (Wildman–Crippen MR) is 77.1 cm³/mol. The average Bonchev–Trinajstić information content (AvgIpc) is 2.46. The topological polar surface area (TPSA) is 39.7 Å². The number of hydrogen-bond donors (Lipinski definition) is 1. The van der Waals surface area contributed by atoms with E-state index in [2.05, 4.69) is 19.2 Å². The summed E-state index contributed by atoms with van der Waals surface area (Å²) < 4.78 is 16.1.